The minimum atomic E-state index is -0.599. The quantitative estimate of drug-likeness (QED) is 0.865. The Hall–Kier alpha value is -2.43. The van der Waals surface area contributed by atoms with E-state index in [1.165, 1.54) is 7.11 Å². The Morgan fingerprint density at radius 2 is 1.90 bits per heavy atom. The number of carbonyl (C=O) groups is 1. The highest BCUT2D eigenvalue weighted by Crippen LogP contribution is 2.19. The lowest BCUT2D eigenvalue weighted by molar-refractivity contribution is -0.141. The molecule has 1 heterocycles. The van der Waals surface area contributed by atoms with Gasteiger partial charge in [0.1, 0.15) is 5.82 Å². The van der Waals surface area contributed by atoms with Crippen LogP contribution in [0, 0.1) is 13.8 Å². The van der Waals surface area contributed by atoms with E-state index in [1.807, 2.05) is 44.2 Å². The molecular weight excluding hydrogens is 254 g/mol. The van der Waals surface area contributed by atoms with E-state index >= 15 is 0 Å². The van der Waals surface area contributed by atoms with Crippen molar-refractivity contribution in [1.82, 2.24) is 9.97 Å². The number of hydrogen-bond donors (Lipinski definition) is 1. The van der Waals surface area contributed by atoms with Crippen LogP contribution in [-0.2, 0) is 9.53 Å². The largest absolute Gasteiger partial charge is 0.467 e. The molecule has 0 bridgehead atoms. The molecule has 0 saturated carbocycles. The first-order valence-corrected chi connectivity index (χ1v) is 6.31. The van der Waals surface area contributed by atoms with Crippen molar-refractivity contribution in [2.24, 2.45) is 0 Å². The summed E-state index contributed by atoms with van der Waals surface area (Å²) in [7, 11) is 1.37. The van der Waals surface area contributed by atoms with Crippen LogP contribution < -0.4 is 5.32 Å². The molecule has 0 amide bonds. The van der Waals surface area contributed by atoms with Crippen molar-refractivity contribution in [1.29, 1.82) is 0 Å². The maximum Gasteiger partial charge on any atom is 0.333 e. The van der Waals surface area contributed by atoms with Crippen molar-refractivity contribution < 1.29 is 9.53 Å². The van der Waals surface area contributed by atoms with Crippen LogP contribution in [0.2, 0.25) is 0 Å². The Kier molecular flexibility index (Phi) is 4.30. The number of hydrogen-bond acceptors (Lipinski definition) is 5. The van der Waals surface area contributed by atoms with Gasteiger partial charge in [0.25, 0.3) is 0 Å². The van der Waals surface area contributed by atoms with Crippen molar-refractivity contribution in [3.05, 3.63) is 53.5 Å². The molecular formula is C15H17N3O2. The van der Waals surface area contributed by atoms with Crippen LogP contribution in [0.15, 0.2) is 36.5 Å². The van der Waals surface area contributed by atoms with Gasteiger partial charge >= 0.3 is 5.97 Å². The standard InChI is InChI=1S/C15H17N3O2/c1-10-11(2)17-13(9-16-10)18-14(15(19)20-3)12-7-5-4-6-8-12/h4-9,14H,1-3H3,(H,17,18). The lowest BCUT2D eigenvalue weighted by atomic mass is 10.1. The number of nitrogens with one attached hydrogen (secondary N) is 1. The number of aromatic nitrogens is 2. The minimum absolute atomic E-state index is 0.365. The third-order valence-electron chi connectivity index (χ3n) is 3.05. The van der Waals surface area contributed by atoms with Gasteiger partial charge < -0.3 is 10.1 Å². The summed E-state index contributed by atoms with van der Waals surface area (Å²) in [6, 6.07) is 8.77. The van der Waals surface area contributed by atoms with Gasteiger partial charge in [-0.25, -0.2) is 9.78 Å². The molecule has 2 aromatic rings. The van der Waals surface area contributed by atoms with Crippen molar-refractivity contribution in [3.63, 3.8) is 0 Å². The highest BCUT2D eigenvalue weighted by Gasteiger charge is 2.21. The second kappa shape index (κ2) is 6.14. The number of aryl methyl sites for hydroxylation is 2. The van der Waals surface area contributed by atoms with Gasteiger partial charge in [0.05, 0.1) is 24.7 Å². The molecule has 1 N–H and O–H groups in total. The first-order chi connectivity index (χ1) is 9.61. The molecule has 0 fully saturated rings. The molecule has 0 radical (unpaired) electrons. The molecule has 0 spiro atoms. The molecule has 0 aliphatic heterocycles. The van der Waals surface area contributed by atoms with Gasteiger partial charge in [0.15, 0.2) is 6.04 Å². The fourth-order valence-electron chi connectivity index (χ4n) is 1.80. The Morgan fingerprint density at radius 3 is 2.50 bits per heavy atom. The van der Waals surface area contributed by atoms with Gasteiger partial charge in [-0.1, -0.05) is 30.3 Å². The topological polar surface area (TPSA) is 64.1 Å². The van der Waals surface area contributed by atoms with E-state index in [1.54, 1.807) is 6.20 Å². The fraction of sp³-hybridized carbons (Fsp3) is 0.267. The third kappa shape index (κ3) is 3.12. The zero-order valence-corrected chi connectivity index (χ0v) is 11.8. The van der Waals surface area contributed by atoms with Crippen LogP contribution in [0.5, 0.6) is 0 Å². The molecule has 20 heavy (non-hydrogen) atoms. The van der Waals surface area contributed by atoms with Crippen molar-refractivity contribution >= 4 is 11.8 Å². The average Bonchev–Trinajstić information content (AvgIpc) is 2.48. The van der Waals surface area contributed by atoms with Crippen molar-refractivity contribution in [2.45, 2.75) is 19.9 Å². The molecule has 0 aliphatic carbocycles. The number of anilines is 1. The summed E-state index contributed by atoms with van der Waals surface area (Å²) < 4.78 is 4.84. The van der Waals surface area contributed by atoms with E-state index in [4.69, 9.17) is 4.74 Å². The molecule has 5 heteroatoms. The third-order valence-corrected chi connectivity index (χ3v) is 3.05. The predicted molar refractivity (Wildman–Crippen MR) is 76.3 cm³/mol. The maximum absolute atomic E-state index is 11.9. The van der Waals surface area contributed by atoms with E-state index in [2.05, 4.69) is 15.3 Å². The van der Waals surface area contributed by atoms with Gasteiger partial charge in [-0.15, -0.1) is 0 Å². The first-order valence-electron chi connectivity index (χ1n) is 6.31. The van der Waals surface area contributed by atoms with Crippen LogP contribution in [0.3, 0.4) is 0 Å². The van der Waals surface area contributed by atoms with Gasteiger partial charge in [0, 0.05) is 0 Å². The molecule has 1 unspecified atom stereocenters. The summed E-state index contributed by atoms with van der Waals surface area (Å²) in [6.45, 7) is 3.77. The second-order valence-electron chi connectivity index (χ2n) is 4.44. The Labute approximate surface area is 118 Å². The van der Waals surface area contributed by atoms with E-state index in [9.17, 15) is 4.79 Å². The van der Waals surface area contributed by atoms with Gasteiger partial charge in [-0.2, -0.15) is 0 Å². The van der Waals surface area contributed by atoms with E-state index in [-0.39, 0.29) is 5.97 Å². The normalized spacial score (nSPS) is 11.8. The van der Waals surface area contributed by atoms with Gasteiger partial charge in [0.2, 0.25) is 0 Å². The van der Waals surface area contributed by atoms with E-state index in [0.717, 1.165) is 17.0 Å². The highest BCUT2D eigenvalue weighted by atomic mass is 16.5. The second-order valence-corrected chi connectivity index (χ2v) is 4.44. The summed E-state index contributed by atoms with van der Waals surface area (Å²) in [5.74, 6) is 0.184. The Bertz CT molecular complexity index is 599. The Balaban J connectivity index is 2.28. The monoisotopic (exact) mass is 271 g/mol. The minimum Gasteiger partial charge on any atom is -0.467 e. The zero-order chi connectivity index (χ0) is 14.5. The van der Waals surface area contributed by atoms with Crippen molar-refractivity contribution in [3.8, 4) is 0 Å². The smallest absolute Gasteiger partial charge is 0.333 e. The number of ether oxygens (including phenoxy) is 1. The zero-order valence-electron chi connectivity index (χ0n) is 11.8. The molecule has 0 saturated heterocycles. The highest BCUT2D eigenvalue weighted by molar-refractivity contribution is 5.80. The number of nitrogens with zero attached hydrogens (tertiary/aromatic N) is 2. The van der Waals surface area contributed by atoms with Crippen LogP contribution in [0.4, 0.5) is 5.82 Å². The van der Waals surface area contributed by atoms with Gasteiger partial charge in [-0.05, 0) is 19.4 Å². The fourth-order valence-corrected chi connectivity index (χ4v) is 1.80. The van der Waals surface area contributed by atoms with Crippen LogP contribution in [0.1, 0.15) is 23.0 Å². The molecule has 5 nitrogen and oxygen atoms in total. The predicted octanol–water partition coefficient (Wildman–Crippen LogP) is 2.42. The first kappa shape index (κ1) is 14.0. The summed E-state index contributed by atoms with van der Waals surface area (Å²) >= 11 is 0. The Morgan fingerprint density at radius 1 is 1.20 bits per heavy atom. The lowest BCUT2D eigenvalue weighted by Gasteiger charge is -2.17. The molecule has 1 atom stereocenters. The summed E-state index contributed by atoms with van der Waals surface area (Å²) in [6.07, 6.45) is 1.61. The lowest BCUT2D eigenvalue weighted by Crippen LogP contribution is -2.23. The number of rotatable bonds is 4. The molecule has 104 valence electrons. The molecule has 0 aliphatic rings. The molecule has 1 aromatic carbocycles. The van der Waals surface area contributed by atoms with Crippen LogP contribution in [0.25, 0.3) is 0 Å². The van der Waals surface area contributed by atoms with Gasteiger partial charge in [-0.3, -0.25) is 4.98 Å². The van der Waals surface area contributed by atoms with E-state index in [0.29, 0.717) is 5.82 Å². The SMILES string of the molecule is COC(=O)C(Nc1cnc(C)c(C)n1)c1ccccc1. The van der Waals surface area contributed by atoms with Crippen LogP contribution >= 0.6 is 0 Å². The summed E-state index contributed by atoms with van der Waals surface area (Å²) in [5, 5.41) is 3.07. The summed E-state index contributed by atoms with van der Waals surface area (Å²) in [5.41, 5.74) is 2.51. The van der Waals surface area contributed by atoms with Crippen LogP contribution in [-0.4, -0.2) is 23.0 Å². The van der Waals surface area contributed by atoms with E-state index < -0.39 is 6.04 Å². The van der Waals surface area contributed by atoms with Crippen molar-refractivity contribution in [2.75, 3.05) is 12.4 Å². The number of methoxy groups -OCH3 is 1. The average molecular weight is 271 g/mol. The number of carbonyl (C=O) groups excluding carboxylic acids is 1. The number of esters is 1. The molecule has 1 aromatic heterocycles. The molecule has 2 rings (SSSR count). The summed E-state index contributed by atoms with van der Waals surface area (Å²) in [4.78, 5) is 20.5. The number of benzene rings is 1. The maximum atomic E-state index is 11.9.